The van der Waals surface area contributed by atoms with E-state index in [-0.39, 0.29) is 6.61 Å². The molecule has 6 heteroatoms. The number of nitriles is 1. The molecule has 0 aliphatic rings. The van der Waals surface area contributed by atoms with Gasteiger partial charge in [0.25, 0.3) is 5.91 Å². The minimum absolute atomic E-state index is 0.112. The van der Waals surface area contributed by atoms with Crippen molar-refractivity contribution < 1.29 is 19.4 Å². The summed E-state index contributed by atoms with van der Waals surface area (Å²) in [5.41, 5.74) is 1.85. The Bertz CT molecular complexity index is 748. The summed E-state index contributed by atoms with van der Waals surface area (Å²) in [6.45, 7) is -0.545. The van der Waals surface area contributed by atoms with Crippen LogP contribution in [0.3, 0.4) is 0 Å². The second-order valence-electron chi connectivity index (χ2n) is 4.67. The second-order valence-corrected chi connectivity index (χ2v) is 4.67. The molecule has 0 aliphatic carbocycles. The van der Waals surface area contributed by atoms with E-state index in [0.29, 0.717) is 22.4 Å². The van der Waals surface area contributed by atoms with Gasteiger partial charge in [-0.2, -0.15) is 5.26 Å². The highest BCUT2D eigenvalue weighted by Gasteiger charge is 2.10. The molecule has 2 rings (SSSR count). The molecular weight excluding hydrogens is 296 g/mol. The maximum absolute atomic E-state index is 11.8. The summed E-state index contributed by atoms with van der Waals surface area (Å²) in [4.78, 5) is 23.5. The van der Waals surface area contributed by atoms with E-state index < -0.39 is 18.5 Å². The van der Waals surface area contributed by atoms with Crippen molar-refractivity contribution in [3.8, 4) is 6.07 Å². The number of hydrogen-bond acceptors (Lipinski definition) is 5. The molecule has 0 bridgehead atoms. The molecule has 0 radical (unpaired) electrons. The Morgan fingerprint density at radius 3 is 2.57 bits per heavy atom. The third kappa shape index (κ3) is 4.66. The second kappa shape index (κ2) is 7.73. The van der Waals surface area contributed by atoms with E-state index in [1.54, 1.807) is 30.3 Å². The van der Waals surface area contributed by atoms with Gasteiger partial charge < -0.3 is 15.2 Å². The van der Waals surface area contributed by atoms with Crippen LogP contribution in [0.5, 0.6) is 0 Å². The van der Waals surface area contributed by atoms with Crippen LogP contribution < -0.4 is 5.32 Å². The number of aliphatic hydroxyl groups is 1. The molecule has 23 heavy (non-hydrogen) atoms. The average Bonchev–Trinajstić information content (AvgIpc) is 2.60. The van der Waals surface area contributed by atoms with Gasteiger partial charge in [-0.25, -0.2) is 4.79 Å². The van der Waals surface area contributed by atoms with Crippen molar-refractivity contribution in [2.45, 2.75) is 6.61 Å². The van der Waals surface area contributed by atoms with Crippen LogP contribution in [0.4, 0.5) is 5.69 Å². The number of benzene rings is 2. The number of carbonyl (C=O) groups excluding carboxylic acids is 2. The molecule has 0 saturated carbocycles. The first kappa shape index (κ1) is 16.2. The van der Waals surface area contributed by atoms with E-state index >= 15 is 0 Å². The molecule has 0 atom stereocenters. The van der Waals surface area contributed by atoms with Gasteiger partial charge in [-0.05, 0) is 35.9 Å². The number of nitrogens with one attached hydrogen (secondary N) is 1. The molecule has 0 spiro atoms. The zero-order valence-corrected chi connectivity index (χ0v) is 12.2. The zero-order chi connectivity index (χ0) is 16.7. The predicted molar refractivity (Wildman–Crippen MR) is 82.4 cm³/mol. The number of hydrogen-bond donors (Lipinski definition) is 2. The molecule has 0 aliphatic heterocycles. The molecule has 116 valence electrons. The van der Waals surface area contributed by atoms with Gasteiger partial charge >= 0.3 is 5.97 Å². The maximum Gasteiger partial charge on any atom is 0.338 e. The van der Waals surface area contributed by atoms with Gasteiger partial charge in [0.1, 0.15) is 0 Å². The molecule has 1 amide bonds. The monoisotopic (exact) mass is 310 g/mol. The van der Waals surface area contributed by atoms with Crippen molar-refractivity contribution in [2.75, 3.05) is 11.9 Å². The van der Waals surface area contributed by atoms with Crippen LogP contribution in [-0.4, -0.2) is 23.6 Å². The van der Waals surface area contributed by atoms with Crippen molar-refractivity contribution in [3.05, 3.63) is 65.2 Å². The van der Waals surface area contributed by atoms with Crippen LogP contribution in [0.25, 0.3) is 0 Å². The van der Waals surface area contributed by atoms with Gasteiger partial charge in [-0.3, -0.25) is 4.79 Å². The first-order valence-electron chi connectivity index (χ1n) is 6.79. The first-order chi connectivity index (χ1) is 11.1. The van der Waals surface area contributed by atoms with Crippen LogP contribution in [0, 0.1) is 11.3 Å². The molecule has 0 unspecified atom stereocenters. The maximum atomic E-state index is 11.8. The van der Waals surface area contributed by atoms with E-state index in [1.165, 1.54) is 18.2 Å². The number of rotatable bonds is 5. The summed E-state index contributed by atoms with van der Waals surface area (Å²) in [6.07, 6.45) is 0. The van der Waals surface area contributed by atoms with E-state index in [9.17, 15) is 9.59 Å². The molecule has 2 aromatic rings. The van der Waals surface area contributed by atoms with E-state index in [4.69, 9.17) is 15.1 Å². The van der Waals surface area contributed by atoms with Crippen molar-refractivity contribution in [2.24, 2.45) is 0 Å². The number of carbonyl (C=O) groups is 2. The number of esters is 1. The fourth-order valence-corrected chi connectivity index (χ4v) is 1.82. The predicted octanol–water partition coefficient (Wildman–Crippen LogP) is 1.85. The molecule has 2 aromatic carbocycles. The number of amides is 1. The quantitative estimate of drug-likeness (QED) is 0.821. The Balaban J connectivity index is 1.88. The number of nitrogens with zero attached hydrogens (tertiary/aromatic N) is 1. The highest BCUT2D eigenvalue weighted by Crippen LogP contribution is 2.10. The molecule has 0 aromatic heterocycles. The lowest BCUT2D eigenvalue weighted by atomic mass is 10.1. The average molecular weight is 310 g/mol. The minimum atomic E-state index is -0.629. The Labute approximate surface area is 132 Å². The van der Waals surface area contributed by atoms with Gasteiger partial charge in [0.15, 0.2) is 6.61 Å². The van der Waals surface area contributed by atoms with Crippen molar-refractivity contribution in [3.63, 3.8) is 0 Å². The lowest BCUT2D eigenvalue weighted by Gasteiger charge is -2.07. The third-order valence-electron chi connectivity index (χ3n) is 2.98. The number of aliphatic hydroxyl groups excluding tert-OH is 1. The fourth-order valence-electron chi connectivity index (χ4n) is 1.82. The molecular formula is C17H14N2O4. The Hall–Kier alpha value is -3.17. The SMILES string of the molecule is N#Cc1cccc(NC(=O)COC(=O)c2ccc(CO)cc2)c1. The highest BCUT2D eigenvalue weighted by atomic mass is 16.5. The summed E-state index contributed by atoms with van der Waals surface area (Å²) >= 11 is 0. The van der Waals surface area contributed by atoms with Gasteiger partial charge in [-0.1, -0.05) is 18.2 Å². The minimum Gasteiger partial charge on any atom is -0.452 e. The molecule has 0 saturated heterocycles. The Morgan fingerprint density at radius 1 is 1.17 bits per heavy atom. The van der Waals surface area contributed by atoms with Crippen LogP contribution >= 0.6 is 0 Å². The van der Waals surface area contributed by atoms with Crippen LogP contribution in [0.2, 0.25) is 0 Å². The lowest BCUT2D eigenvalue weighted by molar-refractivity contribution is -0.119. The zero-order valence-electron chi connectivity index (χ0n) is 12.2. The summed E-state index contributed by atoms with van der Waals surface area (Å²) in [5, 5.41) is 20.3. The third-order valence-corrected chi connectivity index (χ3v) is 2.98. The van der Waals surface area contributed by atoms with Crippen molar-refractivity contribution in [1.29, 1.82) is 5.26 Å². The molecule has 2 N–H and O–H groups in total. The van der Waals surface area contributed by atoms with Crippen molar-refractivity contribution in [1.82, 2.24) is 0 Å². The number of anilines is 1. The number of ether oxygens (including phenoxy) is 1. The lowest BCUT2D eigenvalue weighted by Crippen LogP contribution is -2.21. The van der Waals surface area contributed by atoms with Gasteiger partial charge in [0, 0.05) is 5.69 Å². The van der Waals surface area contributed by atoms with E-state index in [2.05, 4.69) is 5.32 Å². The van der Waals surface area contributed by atoms with E-state index in [1.807, 2.05) is 6.07 Å². The molecule has 0 heterocycles. The smallest absolute Gasteiger partial charge is 0.338 e. The van der Waals surface area contributed by atoms with Crippen LogP contribution in [-0.2, 0) is 16.1 Å². The fraction of sp³-hybridized carbons (Fsp3) is 0.118. The van der Waals surface area contributed by atoms with E-state index in [0.717, 1.165) is 0 Å². The Morgan fingerprint density at radius 2 is 1.91 bits per heavy atom. The summed E-state index contributed by atoms with van der Waals surface area (Å²) in [5.74, 6) is -1.13. The topological polar surface area (TPSA) is 99.4 Å². The Kier molecular flexibility index (Phi) is 5.45. The van der Waals surface area contributed by atoms with Gasteiger partial charge in [-0.15, -0.1) is 0 Å². The summed E-state index contributed by atoms with van der Waals surface area (Å²) in [6, 6.07) is 14.6. The molecule has 0 fully saturated rings. The highest BCUT2D eigenvalue weighted by molar-refractivity contribution is 5.95. The summed E-state index contributed by atoms with van der Waals surface area (Å²) < 4.78 is 4.91. The largest absolute Gasteiger partial charge is 0.452 e. The summed E-state index contributed by atoms with van der Waals surface area (Å²) in [7, 11) is 0. The van der Waals surface area contributed by atoms with Crippen LogP contribution in [0.15, 0.2) is 48.5 Å². The van der Waals surface area contributed by atoms with Gasteiger partial charge in [0.2, 0.25) is 0 Å². The van der Waals surface area contributed by atoms with Crippen LogP contribution in [0.1, 0.15) is 21.5 Å². The normalized spacial score (nSPS) is 9.74. The van der Waals surface area contributed by atoms with Gasteiger partial charge in [0.05, 0.1) is 23.8 Å². The molecule has 6 nitrogen and oxygen atoms in total. The van der Waals surface area contributed by atoms with Crippen molar-refractivity contribution >= 4 is 17.6 Å². The standard InChI is InChI=1S/C17H14N2O4/c18-9-13-2-1-3-15(8-13)19-16(21)11-23-17(22)14-6-4-12(10-20)5-7-14/h1-8,20H,10-11H2,(H,19,21). The first-order valence-corrected chi connectivity index (χ1v) is 6.79.